The Morgan fingerprint density at radius 2 is 1.89 bits per heavy atom. The van der Waals surface area contributed by atoms with Crippen LogP contribution < -0.4 is 4.74 Å². The van der Waals surface area contributed by atoms with E-state index in [0.717, 1.165) is 0 Å². The molecular formula is C14H12O5. The number of Topliss-reactive ketones (excluding diaryl/α,β-unsaturated/α-hetero) is 1. The van der Waals surface area contributed by atoms with Crippen molar-refractivity contribution in [3.8, 4) is 11.5 Å². The summed E-state index contributed by atoms with van der Waals surface area (Å²) in [6, 6.07) is 8.00. The van der Waals surface area contributed by atoms with Crippen molar-refractivity contribution in [1.29, 1.82) is 0 Å². The molecule has 2 N–H and O–H groups in total. The third-order valence-electron chi connectivity index (χ3n) is 2.72. The largest absolute Gasteiger partial charge is 0.507 e. The lowest BCUT2D eigenvalue weighted by Gasteiger charge is -2.10. The average Bonchev–Trinajstić information content (AvgIpc) is 2.36. The molecule has 0 aromatic heterocycles. The van der Waals surface area contributed by atoms with Gasteiger partial charge in [-0.25, -0.2) is 4.79 Å². The lowest BCUT2D eigenvalue weighted by Crippen LogP contribution is -2.09. The standard InChI is InChI=1S/C14H12O5/c1-8(15)9-5-6-10-11(14(9)18)3-2-4-12(10)19-7-13(16)17/h2-6,18H,7H2,1H3,(H,16,17). The molecule has 2 rings (SSSR count). The smallest absolute Gasteiger partial charge is 0.341 e. The number of carbonyl (C=O) groups is 2. The van der Waals surface area contributed by atoms with Crippen LogP contribution in [0.3, 0.4) is 0 Å². The molecule has 5 nitrogen and oxygen atoms in total. The second kappa shape index (κ2) is 4.97. The number of carboxylic acids is 1. The summed E-state index contributed by atoms with van der Waals surface area (Å²) in [5.41, 5.74) is 0.225. The second-order valence-electron chi connectivity index (χ2n) is 4.05. The molecule has 0 aliphatic rings. The van der Waals surface area contributed by atoms with Crippen molar-refractivity contribution in [3.05, 3.63) is 35.9 Å². The summed E-state index contributed by atoms with van der Waals surface area (Å²) in [5, 5.41) is 19.6. The van der Waals surface area contributed by atoms with Crippen molar-refractivity contribution in [2.75, 3.05) is 6.61 Å². The Morgan fingerprint density at radius 3 is 2.53 bits per heavy atom. The Labute approximate surface area is 109 Å². The van der Waals surface area contributed by atoms with E-state index in [9.17, 15) is 14.7 Å². The van der Waals surface area contributed by atoms with Crippen LogP contribution in [0.25, 0.3) is 10.8 Å². The van der Waals surface area contributed by atoms with E-state index in [0.29, 0.717) is 16.5 Å². The number of phenols is 1. The van der Waals surface area contributed by atoms with Gasteiger partial charge < -0.3 is 14.9 Å². The summed E-state index contributed by atoms with van der Waals surface area (Å²) in [7, 11) is 0. The highest BCUT2D eigenvalue weighted by Crippen LogP contribution is 2.34. The van der Waals surface area contributed by atoms with Gasteiger partial charge in [0, 0.05) is 10.8 Å². The van der Waals surface area contributed by atoms with E-state index in [-0.39, 0.29) is 17.1 Å². The van der Waals surface area contributed by atoms with Gasteiger partial charge in [0.2, 0.25) is 0 Å². The minimum absolute atomic E-state index is 0.120. The number of fused-ring (bicyclic) bond motifs is 1. The highest BCUT2D eigenvalue weighted by Gasteiger charge is 2.13. The van der Waals surface area contributed by atoms with Gasteiger partial charge in [0.25, 0.3) is 0 Å². The molecule has 0 aliphatic heterocycles. The lowest BCUT2D eigenvalue weighted by atomic mass is 10.0. The molecule has 0 spiro atoms. The zero-order chi connectivity index (χ0) is 14.0. The van der Waals surface area contributed by atoms with Crippen LogP contribution in [0.5, 0.6) is 11.5 Å². The summed E-state index contributed by atoms with van der Waals surface area (Å²) in [6.45, 7) is 0.903. The number of aromatic hydroxyl groups is 1. The Balaban J connectivity index is 2.55. The molecule has 0 aliphatic carbocycles. The number of phenolic OH excluding ortho intramolecular Hbond substituents is 1. The first-order valence-electron chi connectivity index (χ1n) is 5.61. The van der Waals surface area contributed by atoms with E-state index in [1.54, 1.807) is 24.3 Å². The van der Waals surface area contributed by atoms with Crippen molar-refractivity contribution < 1.29 is 24.5 Å². The molecule has 0 saturated carbocycles. The molecule has 0 amide bonds. The van der Waals surface area contributed by atoms with E-state index in [1.807, 2.05) is 0 Å². The normalized spacial score (nSPS) is 10.4. The maximum atomic E-state index is 11.3. The number of carboxylic acid groups (broad SMARTS) is 1. The van der Waals surface area contributed by atoms with Crippen LogP contribution in [-0.2, 0) is 4.79 Å². The predicted molar refractivity (Wildman–Crippen MR) is 68.7 cm³/mol. The molecule has 0 saturated heterocycles. The highest BCUT2D eigenvalue weighted by atomic mass is 16.5. The number of carbonyl (C=O) groups excluding carboxylic acids is 1. The molecule has 0 radical (unpaired) electrons. The number of rotatable bonds is 4. The molecule has 2 aromatic carbocycles. The van der Waals surface area contributed by atoms with Crippen molar-refractivity contribution in [2.45, 2.75) is 6.92 Å². The van der Waals surface area contributed by atoms with E-state index >= 15 is 0 Å². The fraction of sp³-hybridized carbons (Fsp3) is 0.143. The van der Waals surface area contributed by atoms with Gasteiger partial charge in [0.15, 0.2) is 12.4 Å². The summed E-state index contributed by atoms with van der Waals surface area (Å²) < 4.78 is 5.14. The molecule has 0 fully saturated rings. The molecule has 5 heteroatoms. The number of benzene rings is 2. The third kappa shape index (κ3) is 2.49. The van der Waals surface area contributed by atoms with Gasteiger partial charge in [-0.2, -0.15) is 0 Å². The number of ether oxygens (including phenoxy) is 1. The van der Waals surface area contributed by atoms with Crippen LogP contribution in [-0.4, -0.2) is 28.6 Å². The number of hydrogen-bond donors (Lipinski definition) is 2. The van der Waals surface area contributed by atoms with Gasteiger partial charge in [0.05, 0.1) is 5.56 Å². The number of ketones is 1. The van der Waals surface area contributed by atoms with E-state index < -0.39 is 12.6 Å². The molecule has 19 heavy (non-hydrogen) atoms. The van der Waals surface area contributed by atoms with E-state index in [2.05, 4.69) is 0 Å². The van der Waals surface area contributed by atoms with Crippen LogP contribution in [0.15, 0.2) is 30.3 Å². The minimum Gasteiger partial charge on any atom is -0.507 e. The van der Waals surface area contributed by atoms with Crippen molar-refractivity contribution in [2.24, 2.45) is 0 Å². The maximum absolute atomic E-state index is 11.3. The molecule has 0 atom stereocenters. The quantitative estimate of drug-likeness (QED) is 0.823. The van der Waals surface area contributed by atoms with Gasteiger partial charge in [0.1, 0.15) is 11.5 Å². The lowest BCUT2D eigenvalue weighted by molar-refractivity contribution is -0.139. The Hall–Kier alpha value is -2.56. The first kappa shape index (κ1) is 12.9. The first-order chi connectivity index (χ1) is 9.00. The van der Waals surface area contributed by atoms with E-state index in [1.165, 1.54) is 13.0 Å². The van der Waals surface area contributed by atoms with Gasteiger partial charge in [-0.15, -0.1) is 0 Å². The highest BCUT2D eigenvalue weighted by molar-refractivity contribution is 6.04. The molecule has 98 valence electrons. The van der Waals surface area contributed by atoms with Gasteiger partial charge in [-0.1, -0.05) is 12.1 Å². The minimum atomic E-state index is -1.08. The van der Waals surface area contributed by atoms with E-state index in [4.69, 9.17) is 9.84 Å². The van der Waals surface area contributed by atoms with Crippen molar-refractivity contribution in [3.63, 3.8) is 0 Å². The molecule has 0 heterocycles. The summed E-state index contributed by atoms with van der Waals surface area (Å²) in [4.78, 5) is 21.8. The maximum Gasteiger partial charge on any atom is 0.341 e. The Kier molecular flexibility index (Phi) is 3.37. The molecule has 0 unspecified atom stereocenters. The van der Waals surface area contributed by atoms with Crippen LogP contribution >= 0.6 is 0 Å². The second-order valence-corrected chi connectivity index (χ2v) is 4.05. The van der Waals surface area contributed by atoms with Gasteiger partial charge in [-0.3, -0.25) is 4.79 Å². The predicted octanol–water partition coefficient (Wildman–Crippen LogP) is 2.21. The van der Waals surface area contributed by atoms with Crippen molar-refractivity contribution >= 4 is 22.5 Å². The van der Waals surface area contributed by atoms with Gasteiger partial charge in [-0.05, 0) is 25.1 Å². The fourth-order valence-electron chi connectivity index (χ4n) is 1.86. The number of hydrogen-bond acceptors (Lipinski definition) is 4. The molecular weight excluding hydrogens is 248 g/mol. The van der Waals surface area contributed by atoms with Gasteiger partial charge >= 0.3 is 5.97 Å². The summed E-state index contributed by atoms with van der Waals surface area (Å²) in [6.07, 6.45) is 0. The summed E-state index contributed by atoms with van der Waals surface area (Å²) in [5.74, 6) is -1.09. The summed E-state index contributed by atoms with van der Waals surface area (Å²) >= 11 is 0. The Bertz CT molecular complexity index is 660. The van der Waals surface area contributed by atoms with Crippen LogP contribution in [0.4, 0.5) is 0 Å². The molecule has 0 bridgehead atoms. The fourth-order valence-corrected chi connectivity index (χ4v) is 1.86. The van der Waals surface area contributed by atoms with Crippen LogP contribution in [0.2, 0.25) is 0 Å². The zero-order valence-corrected chi connectivity index (χ0v) is 10.2. The van der Waals surface area contributed by atoms with Crippen molar-refractivity contribution in [1.82, 2.24) is 0 Å². The topological polar surface area (TPSA) is 83.8 Å². The Morgan fingerprint density at radius 1 is 1.16 bits per heavy atom. The third-order valence-corrected chi connectivity index (χ3v) is 2.72. The monoisotopic (exact) mass is 260 g/mol. The number of aliphatic carboxylic acids is 1. The van der Waals surface area contributed by atoms with Crippen LogP contribution in [0, 0.1) is 0 Å². The zero-order valence-electron chi connectivity index (χ0n) is 10.2. The first-order valence-corrected chi connectivity index (χ1v) is 5.61. The van der Waals surface area contributed by atoms with Crippen LogP contribution in [0.1, 0.15) is 17.3 Å². The average molecular weight is 260 g/mol. The molecule has 2 aromatic rings. The SMILES string of the molecule is CC(=O)c1ccc2c(OCC(=O)O)cccc2c1O.